The van der Waals surface area contributed by atoms with Gasteiger partial charge in [-0.25, -0.2) is 13.4 Å². The average molecular weight is 407 g/mol. The van der Waals surface area contributed by atoms with Crippen LogP contribution in [0.4, 0.5) is 10.8 Å². The molecule has 2 aromatic carbocycles. The average Bonchev–Trinajstić information content (AvgIpc) is 3.12. The highest BCUT2D eigenvalue weighted by molar-refractivity contribution is 7.93. The fourth-order valence-corrected chi connectivity index (χ4v) is 3.89. The summed E-state index contributed by atoms with van der Waals surface area (Å²) in [5, 5.41) is 32.6. The molecule has 0 aliphatic rings. The highest BCUT2D eigenvalue weighted by Gasteiger charge is 2.17. The van der Waals surface area contributed by atoms with Crippen molar-refractivity contribution in [3.8, 4) is 17.2 Å². The van der Waals surface area contributed by atoms with E-state index in [1.165, 1.54) is 30.5 Å². The zero-order chi connectivity index (χ0) is 19.6. The molecule has 0 aliphatic heterocycles. The maximum atomic E-state index is 12.3. The van der Waals surface area contributed by atoms with Crippen molar-refractivity contribution in [3.63, 3.8) is 0 Å². The highest BCUT2D eigenvalue weighted by atomic mass is 32.2. The molecule has 0 aliphatic carbocycles. The van der Waals surface area contributed by atoms with Gasteiger partial charge < -0.3 is 20.6 Å². The van der Waals surface area contributed by atoms with E-state index in [0.717, 1.165) is 23.5 Å². The van der Waals surface area contributed by atoms with E-state index in [-0.39, 0.29) is 15.6 Å². The van der Waals surface area contributed by atoms with Crippen molar-refractivity contribution in [2.75, 3.05) is 10.0 Å². The fraction of sp³-hybridized carbons (Fsp3) is 0. The lowest BCUT2D eigenvalue weighted by atomic mass is 10.1. The summed E-state index contributed by atoms with van der Waals surface area (Å²) in [5.41, 5.74) is 0.199. The van der Waals surface area contributed by atoms with Crippen LogP contribution in [0.5, 0.6) is 17.2 Å². The first-order valence-corrected chi connectivity index (χ1v) is 9.71. The molecule has 0 radical (unpaired) electrons. The van der Waals surface area contributed by atoms with E-state index < -0.39 is 33.2 Å². The molecule has 0 bridgehead atoms. The number of benzene rings is 2. The molecule has 0 spiro atoms. The molecular formula is C16H13N3O6S2. The summed E-state index contributed by atoms with van der Waals surface area (Å²) in [4.78, 5) is 16.0. The second kappa shape index (κ2) is 7.13. The number of amides is 1. The SMILES string of the molecule is O=C(Nc1ccc(S(=O)(=O)Nc2nccs2)cc1)c1cc(O)c(O)c(O)c1. The van der Waals surface area contributed by atoms with Gasteiger partial charge in [0.15, 0.2) is 22.4 Å². The number of anilines is 2. The van der Waals surface area contributed by atoms with Crippen molar-refractivity contribution in [2.24, 2.45) is 0 Å². The second-order valence-electron chi connectivity index (χ2n) is 5.28. The second-order valence-corrected chi connectivity index (χ2v) is 7.86. The number of hydrogen-bond acceptors (Lipinski definition) is 8. The molecule has 0 saturated heterocycles. The number of carbonyl (C=O) groups excluding carboxylic acids is 1. The number of sulfonamides is 1. The van der Waals surface area contributed by atoms with Crippen LogP contribution in [-0.2, 0) is 10.0 Å². The zero-order valence-corrected chi connectivity index (χ0v) is 15.1. The normalized spacial score (nSPS) is 11.1. The highest BCUT2D eigenvalue weighted by Crippen LogP contribution is 2.35. The molecule has 0 fully saturated rings. The van der Waals surface area contributed by atoms with E-state index in [4.69, 9.17) is 0 Å². The smallest absolute Gasteiger partial charge is 0.263 e. The molecule has 1 heterocycles. The van der Waals surface area contributed by atoms with Crippen LogP contribution >= 0.6 is 11.3 Å². The lowest BCUT2D eigenvalue weighted by Gasteiger charge is -2.09. The molecule has 3 rings (SSSR count). The summed E-state index contributed by atoms with van der Waals surface area (Å²) in [7, 11) is -3.81. The van der Waals surface area contributed by atoms with Crippen LogP contribution in [0.2, 0.25) is 0 Å². The lowest BCUT2D eigenvalue weighted by molar-refractivity contribution is 0.102. The Morgan fingerprint density at radius 3 is 2.22 bits per heavy atom. The molecule has 3 aromatic rings. The van der Waals surface area contributed by atoms with Crippen molar-refractivity contribution in [3.05, 3.63) is 53.5 Å². The Morgan fingerprint density at radius 1 is 1.04 bits per heavy atom. The van der Waals surface area contributed by atoms with Gasteiger partial charge >= 0.3 is 0 Å². The van der Waals surface area contributed by atoms with Crippen LogP contribution in [0, 0.1) is 0 Å². The van der Waals surface area contributed by atoms with Crippen molar-refractivity contribution in [2.45, 2.75) is 4.90 Å². The first kappa shape index (κ1) is 18.5. The van der Waals surface area contributed by atoms with E-state index in [1.54, 1.807) is 5.38 Å². The predicted molar refractivity (Wildman–Crippen MR) is 98.8 cm³/mol. The Labute approximate surface area is 157 Å². The summed E-state index contributed by atoms with van der Waals surface area (Å²) in [5.74, 6) is -2.68. The van der Waals surface area contributed by atoms with Crippen molar-refractivity contribution in [1.29, 1.82) is 0 Å². The number of rotatable bonds is 5. The number of hydrogen-bond donors (Lipinski definition) is 5. The Morgan fingerprint density at radius 2 is 1.67 bits per heavy atom. The number of aromatic nitrogens is 1. The maximum absolute atomic E-state index is 12.3. The van der Waals surface area contributed by atoms with E-state index in [1.807, 2.05) is 0 Å². The molecule has 140 valence electrons. The van der Waals surface area contributed by atoms with Gasteiger partial charge in [0.25, 0.3) is 15.9 Å². The van der Waals surface area contributed by atoms with Crippen molar-refractivity contribution >= 4 is 38.1 Å². The molecule has 5 N–H and O–H groups in total. The van der Waals surface area contributed by atoms with Gasteiger partial charge in [-0.05, 0) is 36.4 Å². The van der Waals surface area contributed by atoms with E-state index in [0.29, 0.717) is 5.69 Å². The zero-order valence-electron chi connectivity index (χ0n) is 13.4. The minimum atomic E-state index is -3.81. The van der Waals surface area contributed by atoms with Gasteiger partial charge in [-0.2, -0.15) is 0 Å². The number of thiazole rings is 1. The predicted octanol–water partition coefficient (Wildman–Crippen LogP) is 2.31. The maximum Gasteiger partial charge on any atom is 0.263 e. The third-order valence-corrected chi connectivity index (χ3v) is 5.58. The molecular weight excluding hydrogens is 394 g/mol. The van der Waals surface area contributed by atoms with Gasteiger partial charge in [0, 0.05) is 22.8 Å². The number of carbonyl (C=O) groups is 1. The third kappa shape index (κ3) is 4.10. The van der Waals surface area contributed by atoms with Crippen LogP contribution in [0.15, 0.2) is 52.9 Å². The summed E-state index contributed by atoms with van der Waals surface area (Å²) >= 11 is 1.14. The summed E-state index contributed by atoms with van der Waals surface area (Å²) in [6, 6.07) is 7.35. The van der Waals surface area contributed by atoms with Gasteiger partial charge in [-0.15, -0.1) is 11.3 Å². The quantitative estimate of drug-likeness (QED) is 0.407. The molecule has 1 aromatic heterocycles. The number of phenolic OH excluding ortho intramolecular Hbond substituents is 3. The molecule has 27 heavy (non-hydrogen) atoms. The molecule has 9 nitrogen and oxygen atoms in total. The monoisotopic (exact) mass is 407 g/mol. The third-order valence-electron chi connectivity index (χ3n) is 3.41. The standard InChI is InChI=1S/C16H13N3O6S2/c20-12-7-9(8-13(21)14(12)22)15(23)18-10-1-3-11(4-2-10)27(24,25)19-16-17-5-6-26-16/h1-8,20-22H,(H,17,19)(H,18,23). The molecule has 11 heteroatoms. The van der Waals surface area contributed by atoms with Gasteiger partial charge in [-0.1, -0.05) is 0 Å². The van der Waals surface area contributed by atoms with E-state index in [9.17, 15) is 28.5 Å². The Kier molecular flexibility index (Phi) is 4.88. The van der Waals surface area contributed by atoms with Crippen LogP contribution in [0.25, 0.3) is 0 Å². The lowest BCUT2D eigenvalue weighted by Crippen LogP contribution is -2.14. The first-order chi connectivity index (χ1) is 12.8. The number of nitrogens with zero attached hydrogens (tertiary/aromatic N) is 1. The number of phenols is 3. The van der Waals surface area contributed by atoms with Gasteiger partial charge in [0.2, 0.25) is 0 Å². The van der Waals surface area contributed by atoms with Gasteiger partial charge in [-0.3, -0.25) is 9.52 Å². The van der Waals surface area contributed by atoms with E-state index in [2.05, 4.69) is 15.0 Å². The van der Waals surface area contributed by atoms with Gasteiger partial charge in [0.05, 0.1) is 4.90 Å². The Hall–Kier alpha value is -3.31. The molecule has 0 unspecified atom stereocenters. The summed E-state index contributed by atoms with van der Waals surface area (Å²) in [6.45, 7) is 0. The summed E-state index contributed by atoms with van der Waals surface area (Å²) < 4.78 is 26.8. The number of aromatic hydroxyl groups is 3. The Balaban J connectivity index is 1.75. The van der Waals surface area contributed by atoms with E-state index >= 15 is 0 Å². The molecule has 1 amide bonds. The topological polar surface area (TPSA) is 149 Å². The van der Waals surface area contributed by atoms with Crippen molar-refractivity contribution < 1.29 is 28.5 Å². The molecule has 0 atom stereocenters. The number of nitrogens with one attached hydrogen (secondary N) is 2. The summed E-state index contributed by atoms with van der Waals surface area (Å²) in [6.07, 6.45) is 1.47. The van der Waals surface area contributed by atoms with Crippen LogP contribution < -0.4 is 10.0 Å². The van der Waals surface area contributed by atoms with Crippen LogP contribution in [0.1, 0.15) is 10.4 Å². The molecule has 0 saturated carbocycles. The minimum absolute atomic E-state index is 0.0179. The van der Waals surface area contributed by atoms with Crippen LogP contribution in [0.3, 0.4) is 0 Å². The first-order valence-electron chi connectivity index (χ1n) is 7.35. The largest absolute Gasteiger partial charge is 0.504 e. The minimum Gasteiger partial charge on any atom is -0.504 e. The van der Waals surface area contributed by atoms with Crippen molar-refractivity contribution in [1.82, 2.24) is 4.98 Å². The van der Waals surface area contributed by atoms with Crippen LogP contribution in [-0.4, -0.2) is 34.6 Å². The Bertz CT molecular complexity index is 1060. The van der Waals surface area contributed by atoms with Gasteiger partial charge in [0.1, 0.15) is 0 Å². The fourth-order valence-electron chi connectivity index (χ4n) is 2.10.